The van der Waals surface area contributed by atoms with Gasteiger partial charge in [0.1, 0.15) is 6.33 Å². The van der Waals surface area contributed by atoms with Gasteiger partial charge in [-0.2, -0.15) is 13.2 Å². The molecule has 1 heterocycles. The fraction of sp³-hybridized carbons (Fsp3) is 0.105. The van der Waals surface area contributed by atoms with Crippen molar-refractivity contribution in [3.63, 3.8) is 0 Å². The summed E-state index contributed by atoms with van der Waals surface area (Å²) in [4.78, 5) is 20.0. The molecule has 3 aromatic rings. The molecule has 3 rings (SSSR count). The molecule has 0 fully saturated rings. The number of carbonyl (C=O) groups excluding carboxylic acids is 1. The Morgan fingerprint density at radius 2 is 1.72 bits per heavy atom. The largest absolute Gasteiger partial charge is 0.417 e. The Hall–Kier alpha value is -3.33. The first-order valence-corrected chi connectivity index (χ1v) is 8.61. The van der Waals surface area contributed by atoms with Crippen LogP contribution in [0.4, 0.5) is 29.3 Å². The summed E-state index contributed by atoms with van der Waals surface area (Å²) in [6.45, 7) is 0. The molecule has 0 radical (unpaired) electrons. The van der Waals surface area contributed by atoms with E-state index in [-0.39, 0.29) is 5.69 Å². The molecule has 150 valence electrons. The molecule has 6 nitrogen and oxygen atoms in total. The van der Waals surface area contributed by atoms with E-state index >= 15 is 0 Å². The van der Waals surface area contributed by atoms with Crippen LogP contribution in [-0.4, -0.2) is 23.0 Å². The molecule has 29 heavy (non-hydrogen) atoms. The maximum absolute atomic E-state index is 13.2. The van der Waals surface area contributed by atoms with Crippen molar-refractivity contribution in [1.82, 2.24) is 9.97 Å². The molecule has 0 saturated carbocycles. The molecule has 2 aromatic carbocycles. The van der Waals surface area contributed by atoms with Gasteiger partial charge in [0.15, 0.2) is 0 Å². The van der Waals surface area contributed by atoms with E-state index < -0.39 is 22.8 Å². The van der Waals surface area contributed by atoms with Gasteiger partial charge in [0.2, 0.25) is 0 Å². The molecule has 2 N–H and O–H groups in total. The molecule has 0 atom stereocenters. The van der Waals surface area contributed by atoms with Gasteiger partial charge in [-0.3, -0.25) is 5.01 Å². The first kappa shape index (κ1) is 20.4. The van der Waals surface area contributed by atoms with Crippen molar-refractivity contribution in [1.29, 1.82) is 0 Å². The Labute approximate surface area is 169 Å². The monoisotopic (exact) mass is 421 g/mol. The van der Waals surface area contributed by atoms with Crippen molar-refractivity contribution < 1.29 is 18.0 Å². The summed E-state index contributed by atoms with van der Waals surface area (Å²) in [6.07, 6.45) is -0.0468. The number of hydrogen-bond acceptors (Lipinski definition) is 4. The SMILES string of the molecule is CN(c1cccc(-c2cncnc2)c1)N(C(N)=O)c1ccc(Cl)c(C(F)(F)F)c1. The van der Waals surface area contributed by atoms with Crippen LogP contribution in [0.2, 0.25) is 5.02 Å². The summed E-state index contributed by atoms with van der Waals surface area (Å²) in [5, 5.41) is 1.80. The number of nitrogens with two attached hydrogens (primary N) is 1. The Morgan fingerprint density at radius 3 is 2.34 bits per heavy atom. The van der Waals surface area contributed by atoms with E-state index in [1.54, 1.807) is 30.6 Å². The smallest absolute Gasteiger partial charge is 0.350 e. The van der Waals surface area contributed by atoms with Crippen molar-refractivity contribution in [3.8, 4) is 11.1 Å². The number of halogens is 4. The number of urea groups is 1. The van der Waals surface area contributed by atoms with Crippen LogP contribution in [0, 0.1) is 0 Å². The second-order valence-electron chi connectivity index (χ2n) is 6.01. The summed E-state index contributed by atoms with van der Waals surface area (Å²) < 4.78 is 39.6. The number of alkyl halides is 3. The highest BCUT2D eigenvalue weighted by Crippen LogP contribution is 2.37. The Bertz CT molecular complexity index is 1030. The van der Waals surface area contributed by atoms with Gasteiger partial charge in [-0.05, 0) is 35.9 Å². The van der Waals surface area contributed by atoms with E-state index in [1.807, 2.05) is 6.07 Å². The van der Waals surface area contributed by atoms with Gasteiger partial charge in [0.05, 0.1) is 22.0 Å². The third-order valence-corrected chi connectivity index (χ3v) is 4.45. The number of carbonyl (C=O) groups is 1. The summed E-state index contributed by atoms with van der Waals surface area (Å²) >= 11 is 5.67. The van der Waals surface area contributed by atoms with Crippen molar-refractivity contribution in [2.24, 2.45) is 5.73 Å². The lowest BCUT2D eigenvalue weighted by Crippen LogP contribution is -2.47. The standard InChI is InChI=1S/C19H15ClF3N5O/c1-27(14-4-2-3-12(7-14)13-9-25-11-26-10-13)28(18(24)29)15-5-6-17(20)16(8-15)19(21,22)23/h2-11H,1H3,(H2,24,29). The van der Waals surface area contributed by atoms with Gasteiger partial charge in [-0.1, -0.05) is 23.7 Å². The zero-order valence-electron chi connectivity index (χ0n) is 15.1. The Balaban J connectivity index is 2.02. The van der Waals surface area contributed by atoms with E-state index in [4.69, 9.17) is 17.3 Å². The molecular formula is C19H15ClF3N5O. The molecule has 0 spiro atoms. The molecule has 0 aliphatic rings. The molecule has 10 heteroatoms. The van der Waals surface area contributed by atoms with Gasteiger partial charge in [-0.15, -0.1) is 0 Å². The van der Waals surface area contributed by atoms with E-state index in [0.29, 0.717) is 5.69 Å². The van der Waals surface area contributed by atoms with E-state index in [1.165, 1.54) is 24.5 Å². The number of hydrazine groups is 1. The molecule has 0 aliphatic carbocycles. The maximum atomic E-state index is 13.2. The predicted molar refractivity (Wildman–Crippen MR) is 104 cm³/mol. The summed E-state index contributed by atoms with van der Waals surface area (Å²) in [5.41, 5.74) is 6.32. The van der Waals surface area contributed by atoms with Gasteiger partial charge in [0.25, 0.3) is 0 Å². The van der Waals surface area contributed by atoms with Gasteiger partial charge >= 0.3 is 12.2 Å². The Kier molecular flexibility index (Phi) is 5.60. The predicted octanol–water partition coefficient (Wildman–Crippen LogP) is 4.75. The number of benzene rings is 2. The minimum absolute atomic E-state index is 0.0785. The molecule has 1 aromatic heterocycles. The second kappa shape index (κ2) is 7.96. The number of nitrogens with zero attached hydrogens (tertiary/aromatic N) is 4. The lowest BCUT2D eigenvalue weighted by molar-refractivity contribution is -0.137. The zero-order chi connectivity index (χ0) is 21.2. The fourth-order valence-corrected chi connectivity index (χ4v) is 2.99. The number of primary amides is 1. The van der Waals surface area contributed by atoms with E-state index in [9.17, 15) is 18.0 Å². The van der Waals surface area contributed by atoms with Crippen molar-refractivity contribution in [3.05, 3.63) is 71.8 Å². The van der Waals surface area contributed by atoms with Crippen LogP contribution >= 0.6 is 11.6 Å². The van der Waals surface area contributed by atoms with E-state index in [0.717, 1.165) is 28.3 Å². The number of aromatic nitrogens is 2. The fourth-order valence-electron chi connectivity index (χ4n) is 2.76. The van der Waals surface area contributed by atoms with Crippen LogP contribution < -0.4 is 15.8 Å². The van der Waals surface area contributed by atoms with Crippen molar-refractivity contribution >= 4 is 29.0 Å². The topological polar surface area (TPSA) is 75.3 Å². The van der Waals surface area contributed by atoms with Crippen LogP contribution in [0.5, 0.6) is 0 Å². The lowest BCUT2D eigenvalue weighted by Gasteiger charge is -2.32. The first-order valence-electron chi connectivity index (χ1n) is 8.24. The summed E-state index contributed by atoms with van der Waals surface area (Å²) in [6, 6.07) is 9.13. The van der Waals surface area contributed by atoms with Gasteiger partial charge < -0.3 is 5.73 Å². The van der Waals surface area contributed by atoms with Crippen molar-refractivity contribution in [2.45, 2.75) is 6.18 Å². The van der Waals surface area contributed by atoms with Crippen LogP contribution in [0.1, 0.15) is 5.56 Å². The number of hydrogen-bond donors (Lipinski definition) is 1. The highest BCUT2D eigenvalue weighted by Gasteiger charge is 2.34. The molecule has 0 saturated heterocycles. The van der Waals surface area contributed by atoms with Gasteiger partial charge in [0, 0.05) is 25.0 Å². The minimum atomic E-state index is -4.68. The third-order valence-electron chi connectivity index (χ3n) is 4.12. The van der Waals surface area contributed by atoms with Gasteiger partial charge in [-0.25, -0.2) is 19.8 Å². The van der Waals surface area contributed by atoms with Crippen LogP contribution in [0.3, 0.4) is 0 Å². The average molecular weight is 422 g/mol. The highest BCUT2D eigenvalue weighted by atomic mass is 35.5. The third kappa shape index (κ3) is 4.40. The molecule has 0 bridgehead atoms. The zero-order valence-corrected chi connectivity index (χ0v) is 15.8. The Morgan fingerprint density at radius 1 is 1.03 bits per heavy atom. The highest BCUT2D eigenvalue weighted by molar-refractivity contribution is 6.31. The molecular weight excluding hydrogens is 407 g/mol. The lowest BCUT2D eigenvalue weighted by atomic mass is 10.1. The first-order chi connectivity index (χ1) is 13.7. The number of anilines is 2. The summed E-state index contributed by atoms with van der Waals surface area (Å²) in [5.74, 6) is 0. The summed E-state index contributed by atoms with van der Waals surface area (Å²) in [7, 11) is 1.51. The van der Waals surface area contributed by atoms with E-state index in [2.05, 4.69) is 9.97 Å². The number of rotatable bonds is 4. The molecule has 0 aliphatic heterocycles. The van der Waals surface area contributed by atoms with Crippen LogP contribution in [0.15, 0.2) is 61.2 Å². The van der Waals surface area contributed by atoms with Crippen molar-refractivity contribution in [2.75, 3.05) is 17.1 Å². The second-order valence-corrected chi connectivity index (χ2v) is 6.42. The average Bonchev–Trinajstić information content (AvgIpc) is 2.69. The minimum Gasteiger partial charge on any atom is -0.350 e. The number of amides is 2. The molecule has 0 unspecified atom stereocenters. The van der Waals surface area contributed by atoms with Crippen LogP contribution in [-0.2, 0) is 6.18 Å². The maximum Gasteiger partial charge on any atom is 0.417 e. The normalized spacial score (nSPS) is 11.2. The molecule has 2 amide bonds. The quantitative estimate of drug-likeness (QED) is 0.617. The van der Waals surface area contributed by atoms with Crippen LogP contribution in [0.25, 0.3) is 11.1 Å².